The highest BCUT2D eigenvalue weighted by atomic mass is 32.1. The van der Waals surface area contributed by atoms with E-state index in [0.717, 1.165) is 37.5 Å². The van der Waals surface area contributed by atoms with Gasteiger partial charge in [-0.1, -0.05) is 31.1 Å². The molecule has 1 amide bonds. The number of anilines is 1. The van der Waals surface area contributed by atoms with Gasteiger partial charge in [0.05, 0.1) is 0 Å². The minimum atomic E-state index is -0.143. The summed E-state index contributed by atoms with van der Waals surface area (Å²) in [4.78, 5) is 31.9. The van der Waals surface area contributed by atoms with Crippen LogP contribution in [0.15, 0.2) is 10.9 Å². The van der Waals surface area contributed by atoms with Crippen molar-refractivity contribution in [2.24, 2.45) is 11.8 Å². The Balaban J connectivity index is 1.38. The molecule has 2 unspecified atom stereocenters. The van der Waals surface area contributed by atoms with Crippen molar-refractivity contribution < 1.29 is 4.79 Å². The summed E-state index contributed by atoms with van der Waals surface area (Å²) in [5.41, 5.74) is 0.568. The normalized spacial score (nSPS) is 24.3. The van der Waals surface area contributed by atoms with E-state index in [0.29, 0.717) is 22.6 Å². The molecule has 2 fully saturated rings. The van der Waals surface area contributed by atoms with Crippen LogP contribution in [0.25, 0.3) is 4.96 Å². The predicted octanol–water partition coefficient (Wildman–Crippen LogP) is 2.37. The number of amides is 1. The third-order valence-corrected chi connectivity index (χ3v) is 6.91. The number of hydrogen-bond donors (Lipinski definition) is 1. The Bertz CT molecular complexity index is 884. The summed E-state index contributed by atoms with van der Waals surface area (Å²) >= 11 is 1.44. The van der Waals surface area contributed by atoms with Crippen LogP contribution in [0.5, 0.6) is 0 Å². The molecule has 1 N–H and O–H groups in total. The zero-order valence-electron chi connectivity index (χ0n) is 16.0. The van der Waals surface area contributed by atoms with Gasteiger partial charge in [0.25, 0.3) is 5.56 Å². The van der Waals surface area contributed by atoms with Crippen molar-refractivity contribution in [3.63, 3.8) is 0 Å². The van der Waals surface area contributed by atoms with E-state index in [9.17, 15) is 9.59 Å². The smallest absolute Gasteiger partial charge is 0.275 e. The summed E-state index contributed by atoms with van der Waals surface area (Å²) in [6, 6.07) is 1.84. The van der Waals surface area contributed by atoms with Gasteiger partial charge in [-0.3, -0.25) is 9.59 Å². The van der Waals surface area contributed by atoms with Gasteiger partial charge in [-0.05, 0) is 38.5 Å². The van der Waals surface area contributed by atoms with E-state index in [4.69, 9.17) is 0 Å². The Kier molecular flexibility index (Phi) is 5.16. The molecule has 4 rings (SSSR count). The Labute approximate surface area is 162 Å². The maximum atomic E-state index is 12.7. The molecule has 2 aromatic heterocycles. The number of hydrogen-bond acceptors (Lipinski definition) is 6. The van der Waals surface area contributed by atoms with Crippen LogP contribution in [0.2, 0.25) is 0 Å². The highest BCUT2D eigenvalue weighted by molar-refractivity contribution is 7.20. The fourth-order valence-corrected chi connectivity index (χ4v) is 5.21. The Morgan fingerprint density at radius 2 is 1.96 bits per heavy atom. The minimum Gasteiger partial charge on any atom is -0.353 e. The van der Waals surface area contributed by atoms with E-state index < -0.39 is 0 Å². The molecule has 0 spiro atoms. The number of nitrogens with one attached hydrogen (secondary N) is 1. The number of aryl methyl sites for hydroxylation is 1. The second-order valence-electron chi connectivity index (χ2n) is 7.95. The molecule has 2 atom stereocenters. The second-order valence-corrected chi connectivity index (χ2v) is 8.89. The van der Waals surface area contributed by atoms with Crippen molar-refractivity contribution in [2.45, 2.75) is 58.4 Å². The first-order valence-corrected chi connectivity index (χ1v) is 10.8. The lowest BCUT2D eigenvalue weighted by Gasteiger charge is -2.34. The van der Waals surface area contributed by atoms with Crippen LogP contribution in [0.1, 0.15) is 51.1 Å². The highest BCUT2D eigenvalue weighted by Gasteiger charge is 2.30. The maximum absolute atomic E-state index is 12.7. The average Bonchev–Trinajstić information content (AvgIpc) is 3.08. The monoisotopic (exact) mass is 389 g/mol. The third kappa shape index (κ3) is 3.85. The molecular weight excluding hydrogens is 362 g/mol. The molecule has 1 saturated heterocycles. The number of carbonyl (C=O) groups excluding carboxylic acids is 1. The molecule has 0 aromatic carbocycles. The molecule has 146 valence electrons. The lowest BCUT2D eigenvalue weighted by atomic mass is 9.85. The first-order chi connectivity index (χ1) is 13.0. The molecule has 7 nitrogen and oxygen atoms in total. The zero-order chi connectivity index (χ0) is 19.0. The zero-order valence-corrected chi connectivity index (χ0v) is 16.8. The molecule has 8 heteroatoms. The number of rotatable bonds is 3. The van der Waals surface area contributed by atoms with Crippen molar-refractivity contribution in [2.75, 3.05) is 18.0 Å². The maximum Gasteiger partial charge on any atom is 0.275 e. The van der Waals surface area contributed by atoms with E-state index in [1.807, 2.05) is 6.92 Å². The summed E-state index contributed by atoms with van der Waals surface area (Å²) in [5, 5.41) is 8.55. The van der Waals surface area contributed by atoms with Gasteiger partial charge in [-0.15, -0.1) is 5.10 Å². The van der Waals surface area contributed by atoms with Gasteiger partial charge < -0.3 is 10.2 Å². The lowest BCUT2D eigenvalue weighted by Crippen LogP contribution is -2.46. The van der Waals surface area contributed by atoms with E-state index in [1.54, 1.807) is 0 Å². The first kappa shape index (κ1) is 18.4. The van der Waals surface area contributed by atoms with Crippen LogP contribution < -0.4 is 15.8 Å². The Morgan fingerprint density at radius 1 is 1.22 bits per heavy atom. The van der Waals surface area contributed by atoms with Crippen molar-refractivity contribution in [3.8, 4) is 0 Å². The molecule has 27 heavy (non-hydrogen) atoms. The van der Waals surface area contributed by atoms with Crippen molar-refractivity contribution in [1.29, 1.82) is 0 Å². The van der Waals surface area contributed by atoms with Crippen molar-refractivity contribution >= 4 is 27.3 Å². The van der Waals surface area contributed by atoms with Crippen LogP contribution in [0.3, 0.4) is 0 Å². The lowest BCUT2D eigenvalue weighted by molar-refractivity contribution is -0.126. The molecule has 1 aliphatic heterocycles. The van der Waals surface area contributed by atoms with Gasteiger partial charge in [0.15, 0.2) is 0 Å². The van der Waals surface area contributed by atoms with Crippen LogP contribution in [-0.2, 0) is 4.79 Å². The van der Waals surface area contributed by atoms with Gasteiger partial charge in [0.1, 0.15) is 0 Å². The van der Waals surface area contributed by atoms with Gasteiger partial charge in [-0.25, -0.2) is 4.98 Å². The summed E-state index contributed by atoms with van der Waals surface area (Å²) in [6.07, 6.45) is 6.48. The van der Waals surface area contributed by atoms with Crippen LogP contribution in [0.4, 0.5) is 5.13 Å². The molecule has 2 aromatic rings. The van der Waals surface area contributed by atoms with E-state index >= 15 is 0 Å². The number of carbonyl (C=O) groups is 1. The Morgan fingerprint density at radius 3 is 2.70 bits per heavy atom. The van der Waals surface area contributed by atoms with Crippen LogP contribution >= 0.6 is 11.3 Å². The minimum absolute atomic E-state index is 0.0767. The molecule has 2 aliphatic rings. The van der Waals surface area contributed by atoms with E-state index in [1.165, 1.54) is 41.2 Å². The first-order valence-electron chi connectivity index (χ1n) is 9.94. The largest absolute Gasteiger partial charge is 0.353 e. The van der Waals surface area contributed by atoms with Crippen LogP contribution in [-0.4, -0.2) is 39.6 Å². The SMILES string of the molecule is Cc1cc(=O)n2nc(N3CCC(C(=O)NC4CCCCC4C)CC3)sc2n1. The Hall–Kier alpha value is -1.96. The summed E-state index contributed by atoms with van der Waals surface area (Å²) in [7, 11) is 0. The van der Waals surface area contributed by atoms with E-state index in [-0.39, 0.29) is 17.4 Å². The number of nitrogens with zero attached hydrogens (tertiary/aromatic N) is 4. The van der Waals surface area contributed by atoms with Crippen molar-refractivity contribution in [3.05, 3.63) is 22.1 Å². The van der Waals surface area contributed by atoms with Gasteiger partial charge in [0.2, 0.25) is 16.0 Å². The number of fused-ring (bicyclic) bond motifs is 1. The summed E-state index contributed by atoms with van der Waals surface area (Å²) in [5.74, 6) is 0.874. The number of piperidine rings is 1. The molecule has 0 bridgehead atoms. The standard InChI is InChI=1S/C19H27N5O2S/c1-12-5-3-4-6-15(12)21-17(26)14-7-9-23(10-8-14)19-22-24-16(25)11-13(2)20-18(24)27-19/h11-12,14-15H,3-10H2,1-2H3,(H,21,26). The third-order valence-electron chi connectivity index (χ3n) is 5.94. The fraction of sp³-hybridized carbons (Fsp3) is 0.684. The molecule has 1 saturated carbocycles. The topological polar surface area (TPSA) is 79.6 Å². The predicted molar refractivity (Wildman–Crippen MR) is 106 cm³/mol. The molecule has 1 aliphatic carbocycles. The van der Waals surface area contributed by atoms with E-state index in [2.05, 4.69) is 27.2 Å². The molecular formula is C19H27N5O2S. The highest BCUT2D eigenvalue weighted by Crippen LogP contribution is 2.28. The van der Waals surface area contributed by atoms with Crippen LogP contribution in [0, 0.1) is 18.8 Å². The van der Waals surface area contributed by atoms with Gasteiger partial charge in [0, 0.05) is 36.8 Å². The summed E-state index contributed by atoms with van der Waals surface area (Å²) < 4.78 is 1.37. The number of aromatic nitrogens is 3. The molecule has 3 heterocycles. The van der Waals surface area contributed by atoms with Gasteiger partial charge >= 0.3 is 0 Å². The average molecular weight is 390 g/mol. The second kappa shape index (κ2) is 7.58. The quantitative estimate of drug-likeness (QED) is 0.872. The fourth-order valence-electron chi connectivity index (χ4n) is 4.20. The van der Waals surface area contributed by atoms with Crippen molar-refractivity contribution in [1.82, 2.24) is 19.9 Å². The summed E-state index contributed by atoms with van der Waals surface area (Å²) in [6.45, 7) is 5.63. The molecule has 0 radical (unpaired) electrons. The van der Waals surface area contributed by atoms with Gasteiger partial charge in [-0.2, -0.15) is 4.52 Å².